The summed E-state index contributed by atoms with van der Waals surface area (Å²) < 4.78 is 0. The lowest BCUT2D eigenvalue weighted by molar-refractivity contribution is -0.116. The Hall–Kier alpha value is -0.560. The average molecular weight is 173 g/mol. The summed E-state index contributed by atoms with van der Waals surface area (Å²) in [7, 11) is 0. The number of carbonyl (C=O) groups excluding carboxylic acids is 1. The topological polar surface area (TPSA) is 17.1 Å². The van der Waals surface area contributed by atoms with Gasteiger partial charge in [0.1, 0.15) is 5.78 Å². The zero-order valence-electron chi connectivity index (χ0n) is 6.93. The second-order valence-corrected chi connectivity index (χ2v) is 2.77. The van der Waals surface area contributed by atoms with Crippen LogP contribution in [0.4, 0.5) is 0 Å². The molecule has 0 saturated heterocycles. The highest BCUT2D eigenvalue weighted by molar-refractivity contribution is 6.31. The molecule has 62 valence electrons. The van der Waals surface area contributed by atoms with Crippen molar-refractivity contribution in [1.82, 2.24) is 0 Å². The Balaban J connectivity index is 3.64. The largest absolute Gasteiger partial charge is 0.300 e. The number of allylic oxidation sites excluding steroid dienone is 4. The van der Waals surface area contributed by atoms with Gasteiger partial charge in [-0.1, -0.05) is 23.8 Å². The molecule has 0 radical (unpaired) electrons. The molecule has 0 rings (SSSR count). The van der Waals surface area contributed by atoms with Crippen LogP contribution in [0.25, 0.3) is 0 Å². The highest BCUT2D eigenvalue weighted by atomic mass is 35.5. The first-order valence-electron chi connectivity index (χ1n) is 3.64. The van der Waals surface area contributed by atoms with Gasteiger partial charge in [-0.25, -0.2) is 0 Å². The van der Waals surface area contributed by atoms with Crippen LogP contribution >= 0.6 is 11.6 Å². The van der Waals surface area contributed by atoms with Crippen molar-refractivity contribution >= 4 is 17.4 Å². The van der Waals surface area contributed by atoms with Gasteiger partial charge >= 0.3 is 0 Å². The standard InChI is InChI=1S/C9H13ClO/c1-3-5-9(10)7-4-6-8(2)11/h3,5,7H,4,6H2,1-2H3/b5-3+,9-7+. The Morgan fingerprint density at radius 1 is 1.55 bits per heavy atom. The van der Waals surface area contributed by atoms with Crippen molar-refractivity contribution in [3.63, 3.8) is 0 Å². The van der Waals surface area contributed by atoms with E-state index in [1.165, 1.54) is 0 Å². The molecule has 0 aromatic carbocycles. The molecular formula is C9H13ClO. The molecule has 0 aliphatic rings. The minimum Gasteiger partial charge on any atom is -0.300 e. The minimum atomic E-state index is 0.200. The van der Waals surface area contributed by atoms with Crippen LogP contribution < -0.4 is 0 Å². The number of carbonyl (C=O) groups is 1. The third-order valence-electron chi connectivity index (χ3n) is 1.16. The fourth-order valence-corrected chi connectivity index (χ4v) is 0.876. The normalized spacial score (nSPS) is 12.5. The van der Waals surface area contributed by atoms with E-state index in [9.17, 15) is 4.79 Å². The summed E-state index contributed by atoms with van der Waals surface area (Å²) in [5.41, 5.74) is 0. The van der Waals surface area contributed by atoms with Gasteiger partial charge in [0.05, 0.1) is 0 Å². The van der Waals surface area contributed by atoms with Crippen LogP contribution in [0.5, 0.6) is 0 Å². The first-order valence-corrected chi connectivity index (χ1v) is 4.02. The lowest BCUT2D eigenvalue weighted by Gasteiger charge is -1.89. The van der Waals surface area contributed by atoms with Crippen LogP contribution in [0.1, 0.15) is 26.7 Å². The summed E-state index contributed by atoms with van der Waals surface area (Å²) in [6, 6.07) is 0. The molecule has 0 fully saturated rings. The van der Waals surface area contributed by atoms with Crippen molar-refractivity contribution in [3.8, 4) is 0 Å². The zero-order valence-corrected chi connectivity index (χ0v) is 7.69. The molecule has 0 spiro atoms. The number of hydrogen-bond acceptors (Lipinski definition) is 1. The Bertz CT molecular complexity index is 180. The second-order valence-electron chi connectivity index (χ2n) is 2.33. The van der Waals surface area contributed by atoms with Gasteiger partial charge in [0.25, 0.3) is 0 Å². The third-order valence-corrected chi connectivity index (χ3v) is 1.44. The molecule has 0 aliphatic heterocycles. The van der Waals surface area contributed by atoms with Crippen molar-refractivity contribution in [3.05, 3.63) is 23.3 Å². The van der Waals surface area contributed by atoms with Gasteiger partial charge < -0.3 is 4.79 Å². The van der Waals surface area contributed by atoms with E-state index in [0.717, 1.165) is 6.42 Å². The lowest BCUT2D eigenvalue weighted by Crippen LogP contribution is -1.86. The molecule has 2 heteroatoms. The Kier molecular flexibility index (Phi) is 5.86. The molecule has 1 nitrogen and oxygen atoms in total. The number of hydrogen-bond donors (Lipinski definition) is 0. The van der Waals surface area contributed by atoms with Crippen molar-refractivity contribution in [2.45, 2.75) is 26.7 Å². The molecule has 0 atom stereocenters. The predicted octanol–water partition coefficient (Wildman–Crippen LogP) is 3.05. The van der Waals surface area contributed by atoms with Crippen molar-refractivity contribution in [2.75, 3.05) is 0 Å². The predicted molar refractivity (Wildman–Crippen MR) is 48.7 cm³/mol. The molecule has 0 saturated carbocycles. The van der Waals surface area contributed by atoms with Gasteiger partial charge in [-0.15, -0.1) is 0 Å². The monoisotopic (exact) mass is 172 g/mol. The van der Waals surface area contributed by atoms with E-state index in [-0.39, 0.29) is 5.78 Å². The van der Waals surface area contributed by atoms with E-state index in [1.54, 1.807) is 6.92 Å². The summed E-state index contributed by atoms with van der Waals surface area (Å²) in [6.07, 6.45) is 6.84. The summed E-state index contributed by atoms with van der Waals surface area (Å²) in [5, 5.41) is 0.703. The molecular weight excluding hydrogens is 160 g/mol. The summed E-state index contributed by atoms with van der Waals surface area (Å²) in [5.74, 6) is 0.200. The molecule has 0 aromatic rings. The second kappa shape index (κ2) is 6.17. The first kappa shape index (κ1) is 10.4. The Morgan fingerprint density at radius 2 is 2.18 bits per heavy atom. The number of ketones is 1. The molecule has 0 unspecified atom stereocenters. The molecule has 0 amide bonds. The molecule has 0 aromatic heterocycles. The van der Waals surface area contributed by atoms with Crippen molar-refractivity contribution < 1.29 is 4.79 Å². The molecule has 11 heavy (non-hydrogen) atoms. The Morgan fingerprint density at radius 3 is 2.64 bits per heavy atom. The van der Waals surface area contributed by atoms with Gasteiger partial charge in [0.2, 0.25) is 0 Å². The van der Waals surface area contributed by atoms with Crippen molar-refractivity contribution in [2.24, 2.45) is 0 Å². The van der Waals surface area contributed by atoms with Crippen LogP contribution in [-0.4, -0.2) is 5.78 Å². The maximum absolute atomic E-state index is 10.5. The molecule has 0 aliphatic carbocycles. The number of Topliss-reactive ketones (excluding diaryl/α,β-unsaturated/α-hetero) is 1. The van der Waals surface area contributed by atoms with E-state index in [2.05, 4.69) is 0 Å². The van der Waals surface area contributed by atoms with Gasteiger partial charge in [0, 0.05) is 11.5 Å². The number of halogens is 1. The van der Waals surface area contributed by atoms with E-state index < -0.39 is 0 Å². The van der Waals surface area contributed by atoms with Crippen molar-refractivity contribution in [1.29, 1.82) is 0 Å². The molecule has 0 N–H and O–H groups in total. The summed E-state index contributed by atoms with van der Waals surface area (Å²) >= 11 is 5.73. The first-order chi connectivity index (χ1) is 5.16. The summed E-state index contributed by atoms with van der Waals surface area (Å²) in [6.45, 7) is 3.48. The lowest BCUT2D eigenvalue weighted by atomic mass is 10.2. The minimum absolute atomic E-state index is 0.200. The zero-order chi connectivity index (χ0) is 8.69. The van der Waals surface area contributed by atoms with Crippen LogP contribution in [0.3, 0.4) is 0 Å². The van der Waals surface area contributed by atoms with Gasteiger partial charge in [-0.2, -0.15) is 0 Å². The maximum atomic E-state index is 10.5. The highest BCUT2D eigenvalue weighted by Crippen LogP contribution is 2.05. The van der Waals surface area contributed by atoms with E-state index in [0.29, 0.717) is 11.5 Å². The summed E-state index contributed by atoms with van der Waals surface area (Å²) in [4.78, 5) is 10.5. The highest BCUT2D eigenvalue weighted by Gasteiger charge is 1.90. The van der Waals surface area contributed by atoms with E-state index in [4.69, 9.17) is 11.6 Å². The van der Waals surface area contributed by atoms with Gasteiger partial charge in [-0.05, 0) is 26.3 Å². The SMILES string of the molecule is C/C=C/C(Cl)=C\CCC(C)=O. The fourth-order valence-electron chi connectivity index (χ4n) is 0.641. The van der Waals surface area contributed by atoms with Crippen LogP contribution in [-0.2, 0) is 4.79 Å². The molecule has 0 heterocycles. The third kappa shape index (κ3) is 7.34. The Labute approximate surface area is 72.7 Å². The molecule has 0 bridgehead atoms. The average Bonchev–Trinajstić information content (AvgIpc) is 1.87. The fraction of sp³-hybridized carbons (Fsp3) is 0.444. The smallest absolute Gasteiger partial charge is 0.130 e. The maximum Gasteiger partial charge on any atom is 0.130 e. The van der Waals surface area contributed by atoms with Crippen LogP contribution in [0, 0.1) is 0 Å². The van der Waals surface area contributed by atoms with Gasteiger partial charge in [-0.3, -0.25) is 0 Å². The van der Waals surface area contributed by atoms with Crippen LogP contribution in [0.15, 0.2) is 23.3 Å². The van der Waals surface area contributed by atoms with E-state index >= 15 is 0 Å². The number of rotatable bonds is 4. The van der Waals surface area contributed by atoms with E-state index in [1.807, 2.05) is 25.2 Å². The van der Waals surface area contributed by atoms with Gasteiger partial charge in [0.15, 0.2) is 0 Å². The van der Waals surface area contributed by atoms with Crippen LogP contribution in [0.2, 0.25) is 0 Å². The quantitative estimate of drug-likeness (QED) is 0.596.